The number of nitrogens with one attached hydrogen (secondary N) is 1. The molecule has 2 aromatic heterocycles. The van der Waals surface area contributed by atoms with Gasteiger partial charge in [-0.1, -0.05) is 12.1 Å². The Kier molecular flexibility index (Phi) is 6.96. The Balaban J connectivity index is 1.75. The van der Waals surface area contributed by atoms with Crippen LogP contribution in [0.4, 0.5) is 5.13 Å². The van der Waals surface area contributed by atoms with Gasteiger partial charge in [-0.05, 0) is 51.1 Å². The number of nitrogens with zero attached hydrogens (tertiary/aromatic N) is 3. The van der Waals surface area contributed by atoms with Gasteiger partial charge in [0.2, 0.25) is 15.0 Å². The molecule has 1 amide bonds. The predicted octanol–water partition coefficient (Wildman–Crippen LogP) is 3.53. The minimum Gasteiger partial charge on any atom is -0.421 e. The first kappa shape index (κ1) is 22.8. The van der Waals surface area contributed by atoms with Gasteiger partial charge in [-0.3, -0.25) is 10.1 Å². The van der Waals surface area contributed by atoms with Crippen molar-refractivity contribution in [3.8, 4) is 11.8 Å². The van der Waals surface area contributed by atoms with Crippen LogP contribution >= 0.6 is 38.8 Å². The van der Waals surface area contributed by atoms with E-state index in [9.17, 15) is 23.3 Å². The summed E-state index contributed by atoms with van der Waals surface area (Å²) in [5, 5.41) is 13.0. The van der Waals surface area contributed by atoms with E-state index in [1.54, 1.807) is 35.7 Å². The van der Waals surface area contributed by atoms with E-state index in [0.29, 0.717) is 26.4 Å². The van der Waals surface area contributed by atoms with E-state index in [1.807, 2.05) is 0 Å². The zero-order chi connectivity index (χ0) is 22.6. The molecule has 2 heterocycles. The van der Waals surface area contributed by atoms with Crippen LogP contribution in [0.5, 0.6) is 5.75 Å². The molecule has 9 nitrogen and oxygen atoms in total. The van der Waals surface area contributed by atoms with Crippen LogP contribution in [-0.4, -0.2) is 35.9 Å². The number of sulfone groups is 1. The number of aromatic nitrogens is 2. The number of rotatable bonds is 6. The zero-order valence-electron chi connectivity index (χ0n) is 15.5. The highest BCUT2D eigenvalue weighted by Crippen LogP contribution is 2.28. The van der Waals surface area contributed by atoms with E-state index in [2.05, 4.69) is 30.6 Å². The van der Waals surface area contributed by atoms with Crippen molar-refractivity contribution in [2.45, 2.75) is 5.16 Å². The van der Waals surface area contributed by atoms with E-state index in [4.69, 9.17) is 4.74 Å². The summed E-state index contributed by atoms with van der Waals surface area (Å²) in [5.74, 6) is -0.995. The molecule has 1 aromatic carbocycles. The van der Waals surface area contributed by atoms with Crippen molar-refractivity contribution < 1.29 is 22.7 Å². The SMILES string of the molecule is CS(=O)(=O)c1nsc(NC(=O)/C(C#N)=C\c2ccc(OC(=O)c3cccs3)c(Br)c2)n1. The Hall–Kier alpha value is -2.92. The third-order valence-corrected chi connectivity index (χ3v) is 6.58. The fourth-order valence-corrected chi connectivity index (χ4v) is 4.64. The monoisotopic (exact) mass is 538 g/mol. The molecule has 1 N–H and O–H groups in total. The number of nitriles is 1. The van der Waals surface area contributed by atoms with Gasteiger partial charge in [0.25, 0.3) is 11.1 Å². The first-order chi connectivity index (χ1) is 14.7. The number of esters is 1. The molecule has 0 aliphatic carbocycles. The second kappa shape index (κ2) is 9.48. The van der Waals surface area contributed by atoms with Crippen LogP contribution in [0.15, 0.2) is 50.9 Å². The lowest BCUT2D eigenvalue weighted by Gasteiger charge is -2.06. The van der Waals surface area contributed by atoms with Gasteiger partial charge < -0.3 is 4.74 Å². The molecule has 0 saturated carbocycles. The largest absolute Gasteiger partial charge is 0.421 e. The Bertz CT molecular complexity index is 1320. The number of anilines is 1. The quantitative estimate of drug-likeness (QED) is 0.217. The van der Waals surface area contributed by atoms with Gasteiger partial charge >= 0.3 is 5.97 Å². The van der Waals surface area contributed by atoms with Crippen LogP contribution < -0.4 is 10.1 Å². The molecule has 0 saturated heterocycles. The van der Waals surface area contributed by atoms with Crippen LogP contribution in [0.2, 0.25) is 0 Å². The summed E-state index contributed by atoms with van der Waals surface area (Å²) in [7, 11) is -3.61. The van der Waals surface area contributed by atoms with Gasteiger partial charge in [0.15, 0.2) is 0 Å². The molecule has 3 rings (SSSR count). The number of hydrogen-bond donors (Lipinski definition) is 1. The number of thiophene rings is 1. The number of carbonyl (C=O) groups is 2. The highest BCUT2D eigenvalue weighted by atomic mass is 79.9. The number of benzene rings is 1. The third-order valence-electron chi connectivity index (χ3n) is 3.52. The Morgan fingerprint density at radius 2 is 2.10 bits per heavy atom. The van der Waals surface area contributed by atoms with Gasteiger partial charge in [-0.15, -0.1) is 11.3 Å². The van der Waals surface area contributed by atoms with E-state index in [0.717, 1.165) is 6.26 Å². The Morgan fingerprint density at radius 3 is 2.68 bits per heavy atom. The number of carbonyl (C=O) groups excluding carboxylic acids is 2. The molecular weight excluding hydrogens is 528 g/mol. The molecule has 0 unspecified atom stereocenters. The molecule has 13 heteroatoms. The number of hydrogen-bond acceptors (Lipinski definition) is 10. The first-order valence-electron chi connectivity index (χ1n) is 8.19. The maximum atomic E-state index is 12.3. The smallest absolute Gasteiger partial charge is 0.353 e. The summed E-state index contributed by atoms with van der Waals surface area (Å²) in [6, 6.07) is 9.84. The number of ether oxygens (including phenoxy) is 1. The normalized spacial score (nSPS) is 11.6. The predicted molar refractivity (Wildman–Crippen MR) is 119 cm³/mol. The molecule has 3 aromatic rings. The van der Waals surface area contributed by atoms with E-state index in [-0.39, 0.29) is 16.5 Å². The molecule has 0 radical (unpaired) electrons. The van der Waals surface area contributed by atoms with Crippen molar-refractivity contribution in [3.05, 3.63) is 56.2 Å². The van der Waals surface area contributed by atoms with Crippen LogP contribution in [0.25, 0.3) is 6.08 Å². The van der Waals surface area contributed by atoms with Crippen molar-refractivity contribution in [1.29, 1.82) is 5.26 Å². The summed E-state index contributed by atoms with van der Waals surface area (Å²) in [6.45, 7) is 0. The topological polar surface area (TPSA) is 139 Å². The molecule has 0 aliphatic heterocycles. The molecule has 0 atom stereocenters. The standard InChI is InChI=1S/C18H11BrN4O5S3/c1-31(26,27)18-22-17(30-23-18)21-15(24)11(9-20)7-10-4-5-13(12(19)8-10)28-16(25)14-3-2-6-29-14/h2-8H,1H3,(H,21,22,23,24)/b11-7-. The van der Waals surface area contributed by atoms with Crippen molar-refractivity contribution in [2.24, 2.45) is 0 Å². The summed E-state index contributed by atoms with van der Waals surface area (Å²) >= 11 is 5.24. The summed E-state index contributed by atoms with van der Waals surface area (Å²) in [4.78, 5) is 28.6. The lowest BCUT2D eigenvalue weighted by molar-refractivity contribution is -0.112. The highest BCUT2D eigenvalue weighted by molar-refractivity contribution is 9.10. The van der Waals surface area contributed by atoms with Crippen LogP contribution in [0.3, 0.4) is 0 Å². The van der Waals surface area contributed by atoms with Crippen LogP contribution in [0, 0.1) is 11.3 Å². The van der Waals surface area contributed by atoms with Crippen LogP contribution in [-0.2, 0) is 14.6 Å². The van der Waals surface area contributed by atoms with Crippen LogP contribution in [0.1, 0.15) is 15.2 Å². The maximum Gasteiger partial charge on any atom is 0.353 e. The molecule has 0 bridgehead atoms. The van der Waals surface area contributed by atoms with E-state index < -0.39 is 26.9 Å². The maximum absolute atomic E-state index is 12.3. The average molecular weight is 539 g/mol. The Labute approximate surface area is 193 Å². The minimum absolute atomic E-state index is 0.0522. The second-order valence-electron chi connectivity index (χ2n) is 5.83. The van der Waals surface area contributed by atoms with Gasteiger partial charge in [0.05, 0.1) is 4.47 Å². The summed E-state index contributed by atoms with van der Waals surface area (Å²) < 4.78 is 32.3. The van der Waals surface area contributed by atoms with Gasteiger partial charge in [-0.25, -0.2) is 13.2 Å². The van der Waals surface area contributed by atoms with Gasteiger partial charge in [-0.2, -0.15) is 14.6 Å². The molecule has 0 aliphatic rings. The van der Waals surface area contributed by atoms with Gasteiger partial charge in [0.1, 0.15) is 22.3 Å². The van der Waals surface area contributed by atoms with E-state index >= 15 is 0 Å². The van der Waals surface area contributed by atoms with Crippen molar-refractivity contribution in [3.63, 3.8) is 0 Å². The lowest BCUT2D eigenvalue weighted by atomic mass is 10.1. The second-order valence-corrected chi connectivity index (χ2v) is 10.3. The van der Waals surface area contributed by atoms with Crippen molar-refractivity contribution >= 4 is 71.7 Å². The average Bonchev–Trinajstić information content (AvgIpc) is 3.39. The van der Waals surface area contributed by atoms with Gasteiger partial charge in [0, 0.05) is 17.8 Å². The fourth-order valence-electron chi connectivity index (χ4n) is 2.13. The molecule has 0 fully saturated rings. The summed E-state index contributed by atoms with van der Waals surface area (Å²) in [6.07, 6.45) is 2.27. The number of amides is 1. The van der Waals surface area contributed by atoms with Crippen molar-refractivity contribution in [1.82, 2.24) is 9.36 Å². The van der Waals surface area contributed by atoms with E-state index in [1.165, 1.54) is 23.5 Å². The summed E-state index contributed by atoms with van der Waals surface area (Å²) in [5.41, 5.74) is 0.245. The third kappa shape index (κ3) is 5.82. The lowest BCUT2D eigenvalue weighted by Crippen LogP contribution is -2.13. The number of halogens is 1. The highest BCUT2D eigenvalue weighted by Gasteiger charge is 2.18. The molecule has 0 spiro atoms. The first-order valence-corrected chi connectivity index (χ1v) is 12.5. The molecule has 158 valence electrons. The Morgan fingerprint density at radius 1 is 1.32 bits per heavy atom. The van der Waals surface area contributed by atoms with Crippen molar-refractivity contribution in [2.75, 3.05) is 11.6 Å². The minimum atomic E-state index is -3.61. The fraction of sp³-hybridized carbons (Fsp3) is 0.0556. The molecule has 31 heavy (non-hydrogen) atoms. The zero-order valence-corrected chi connectivity index (χ0v) is 19.6. The molecular formula is C18H11BrN4O5S3.